The van der Waals surface area contributed by atoms with Crippen LogP contribution < -0.4 is 11.1 Å². The molecule has 0 saturated heterocycles. The van der Waals surface area contributed by atoms with Gasteiger partial charge >= 0.3 is 0 Å². The summed E-state index contributed by atoms with van der Waals surface area (Å²) in [6.45, 7) is 7.00. The van der Waals surface area contributed by atoms with Crippen LogP contribution in [0.25, 0.3) is 10.8 Å². The van der Waals surface area contributed by atoms with Gasteiger partial charge in [-0.25, -0.2) is 8.42 Å². The number of rotatable bonds is 10. The van der Waals surface area contributed by atoms with Crippen molar-refractivity contribution in [3.63, 3.8) is 0 Å². The van der Waals surface area contributed by atoms with Gasteiger partial charge in [0.15, 0.2) is 9.84 Å². The van der Waals surface area contributed by atoms with Crippen LogP contribution in [0.15, 0.2) is 36.4 Å². The number of Topliss-reactive ketones (excluding diaryl/α,β-unsaturated/α-hetero) is 1. The fourth-order valence-corrected chi connectivity index (χ4v) is 6.21. The lowest BCUT2D eigenvalue weighted by atomic mass is 9.80. The topological polar surface area (TPSA) is 89.3 Å². The summed E-state index contributed by atoms with van der Waals surface area (Å²) in [5, 5.41) is 5.78. The molecule has 1 aliphatic carbocycles. The maximum Gasteiger partial charge on any atom is 0.155 e. The Balaban J connectivity index is 1.34. The van der Waals surface area contributed by atoms with E-state index < -0.39 is 14.6 Å². The molecule has 0 aliphatic heterocycles. The number of sulfone groups is 1. The van der Waals surface area contributed by atoms with Gasteiger partial charge < -0.3 is 11.1 Å². The summed E-state index contributed by atoms with van der Waals surface area (Å²) in [5.41, 5.74) is 8.18. The van der Waals surface area contributed by atoms with Gasteiger partial charge in [-0.2, -0.15) is 0 Å². The van der Waals surface area contributed by atoms with Gasteiger partial charge in [0, 0.05) is 23.4 Å². The predicted molar refractivity (Wildman–Crippen MR) is 138 cm³/mol. The van der Waals surface area contributed by atoms with Crippen LogP contribution >= 0.6 is 0 Å². The zero-order valence-electron chi connectivity index (χ0n) is 20.4. The molecule has 1 saturated carbocycles. The molecule has 2 aromatic rings. The van der Waals surface area contributed by atoms with Gasteiger partial charge in [-0.1, -0.05) is 30.3 Å². The summed E-state index contributed by atoms with van der Waals surface area (Å²) in [4.78, 5) is 12.6. The first-order valence-corrected chi connectivity index (χ1v) is 14.0. The molecule has 0 atom stereocenters. The number of nitrogens with two attached hydrogens (primary N) is 1. The van der Waals surface area contributed by atoms with Crippen LogP contribution in [0.4, 0.5) is 5.69 Å². The van der Waals surface area contributed by atoms with Gasteiger partial charge in [0.05, 0.1) is 10.5 Å². The van der Waals surface area contributed by atoms with Crippen molar-refractivity contribution in [2.45, 2.75) is 70.5 Å². The molecular formula is C27H40N2O3S. The van der Waals surface area contributed by atoms with Gasteiger partial charge in [-0.05, 0) is 95.3 Å². The van der Waals surface area contributed by atoms with Crippen LogP contribution in [0.3, 0.4) is 0 Å². The van der Waals surface area contributed by atoms with Crippen molar-refractivity contribution < 1.29 is 13.2 Å². The molecule has 5 nitrogen and oxygen atoms in total. The lowest BCUT2D eigenvalue weighted by molar-refractivity contribution is -0.124. The molecule has 0 heterocycles. The quantitative estimate of drug-likeness (QED) is 0.378. The first kappa shape index (κ1) is 25.7. The van der Waals surface area contributed by atoms with E-state index in [1.807, 2.05) is 18.2 Å². The molecule has 0 radical (unpaired) electrons. The highest BCUT2D eigenvalue weighted by molar-refractivity contribution is 7.92. The lowest BCUT2D eigenvalue weighted by Gasteiger charge is -2.30. The molecule has 1 fully saturated rings. The predicted octanol–water partition coefficient (Wildman–Crippen LogP) is 4.92. The number of nitrogen functional groups attached to an aromatic ring is 1. The second-order valence-corrected chi connectivity index (χ2v) is 13.3. The first-order chi connectivity index (χ1) is 15.6. The van der Waals surface area contributed by atoms with Crippen molar-refractivity contribution in [1.82, 2.24) is 5.32 Å². The van der Waals surface area contributed by atoms with E-state index in [4.69, 9.17) is 5.73 Å². The third kappa shape index (κ3) is 6.80. The maximum atomic E-state index is 12.6. The lowest BCUT2D eigenvalue weighted by Crippen LogP contribution is -2.35. The molecule has 0 bridgehead atoms. The van der Waals surface area contributed by atoms with E-state index in [0.29, 0.717) is 12.2 Å². The summed E-state index contributed by atoms with van der Waals surface area (Å²) >= 11 is 0. The fourth-order valence-electron chi connectivity index (χ4n) is 4.75. The molecule has 0 amide bonds. The van der Waals surface area contributed by atoms with Crippen LogP contribution in [-0.4, -0.2) is 37.8 Å². The van der Waals surface area contributed by atoms with Gasteiger partial charge in [-0.15, -0.1) is 0 Å². The van der Waals surface area contributed by atoms with Crippen LogP contribution in [0, 0.1) is 11.8 Å². The second kappa shape index (κ2) is 11.0. The smallest absolute Gasteiger partial charge is 0.155 e. The monoisotopic (exact) mass is 472 g/mol. The number of hydrogen-bond acceptors (Lipinski definition) is 5. The molecule has 182 valence electrons. The van der Waals surface area contributed by atoms with Crippen LogP contribution in [0.5, 0.6) is 0 Å². The fraction of sp³-hybridized carbons (Fsp3) is 0.593. The minimum Gasteiger partial charge on any atom is -0.398 e. The zero-order chi connectivity index (χ0) is 24.1. The molecule has 2 aromatic carbocycles. The molecule has 0 unspecified atom stereocenters. The summed E-state index contributed by atoms with van der Waals surface area (Å²) in [7, 11) is -3.09. The van der Waals surface area contributed by atoms with Crippen molar-refractivity contribution in [1.29, 1.82) is 0 Å². The van der Waals surface area contributed by atoms with Gasteiger partial charge in [0.2, 0.25) is 0 Å². The third-order valence-electron chi connectivity index (χ3n) is 7.09. The standard InChI is InChI=1S/C27H40N2O3S/c1-27(2,3)33(31,32)19-20-10-12-22(13-11-20)26(30)9-6-17-29-18-16-21-14-15-25(28)24-8-5-4-7-23(21)24/h4-5,7-8,14-15,20,22,29H,6,9-13,16-19,28H2,1-3H3. The first-order valence-electron chi connectivity index (χ1n) is 12.3. The van der Waals surface area contributed by atoms with E-state index in [0.717, 1.165) is 62.7 Å². The molecule has 33 heavy (non-hydrogen) atoms. The summed E-state index contributed by atoms with van der Waals surface area (Å²) < 4.78 is 24.2. The van der Waals surface area contributed by atoms with E-state index in [1.165, 1.54) is 10.9 Å². The van der Waals surface area contributed by atoms with E-state index >= 15 is 0 Å². The van der Waals surface area contributed by atoms with E-state index in [2.05, 4.69) is 23.5 Å². The molecule has 0 aromatic heterocycles. The zero-order valence-corrected chi connectivity index (χ0v) is 21.2. The number of anilines is 1. The van der Waals surface area contributed by atoms with E-state index in [9.17, 15) is 13.2 Å². The van der Waals surface area contributed by atoms with Crippen LogP contribution in [-0.2, 0) is 21.1 Å². The van der Waals surface area contributed by atoms with Gasteiger partial charge in [-0.3, -0.25) is 4.79 Å². The maximum absolute atomic E-state index is 12.6. The van der Waals surface area contributed by atoms with Crippen molar-refractivity contribution >= 4 is 32.1 Å². The highest BCUT2D eigenvalue weighted by atomic mass is 32.2. The molecule has 3 rings (SSSR count). The average molecular weight is 473 g/mol. The summed E-state index contributed by atoms with van der Waals surface area (Å²) in [6, 6.07) is 12.3. The number of hydrogen-bond donors (Lipinski definition) is 2. The number of benzene rings is 2. The number of carbonyl (C=O) groups is 1. The summed E-state index contributed by atoms with van der Waals surface area (Å²) in [5.74, 6) is 0.910. The molecule has 3 N–H and O–H groups in total. The molecule has 6 heteroatoms. The highest BCUT2D eigenvalue weighted by Gasteiger charge is 2.34. The summed E-state index contributed by atoms with van der Waals surface area (Å²) in [6.07, 6.45) is 5.74. The highest BCUT2D eigenvalue weighted by Crippen LogP contribution is 2.33. The van der Waals surface area contributed by atoms with Crippen LogP contribution in [0.1, 0.15) is 64.9 Å². The number of nitrogens with one attached hydrogen (secondary N) is 1. The Bertz CT molecular complexity index is 1050. The van der Waals surface area contributed by atoms with Crippen molar-refractivity contribution in [2.75, 3.05) is 24.6 Å². The Kier molecular flexibility index (Phi) is 8.57. The van der Waals surface area contributed by atoms with E-state index in [-0.39, 0.29) is 17.6 Å². The SMILES string of the molecule is CC(C)(C)S(=O)(=O)CC1CCC(C(=O)CCCNCCc2ccc(N)c3ccccc23)CC1. The van der Waals surface area contributed by atoms with Gasteiger partial charge in [0.1, 0.15) is 5.78 Å². The Morgan fingerprint density at radius 2 is 1.67 bits per heavy atom. The Morgan fingerprint density at radius 3 is 2.33 bits per heavy atom. The Hall–Kier alpha value is -1.92. The van der Waals surface area contributed by atoms with Crippen molar-refractivity contribution in [3.05, 3.63) is 42.0 Å². The Morgan fingerprint density at radius 1 is 1.00 bits per heavy atom. The largest absolute Gasteiger partial charge is 0.398 e. The molecule has 0 spiro atoms. The minimum atomic E-state index is -3.09. The molecular weight excluding hydrogens is 432 g/mol. The number of fused-ring (bicyclic) bond motifs is 1. The number of carbonyl (C=O) groups excluding carboxylic acids is 1. The number of ketones is 1. The van der Waals surface area contributed by atoms with Crippen molar-refractivity contribution in [3.8, 4) is 0 Å². The minimum absolute atomic E-state index is 0.111. The van der Waals surface area contributed by atoms with Crippen molar-refractivity contribution in [2.24, 2.45) is 11.8 Å². The molecule has 1 aliphatic rings. The van der Waals surface area contributed by atoms with Crippen LogP contribution in [0.2, 0.25) is 0 Å². The van der Waals surface area contributed by atoms with Gasteiger partial charge in [0.25, 0.3) is 0 Å². The second-order valence-electron chi connectivity index (χ2n) is 10.5. The average Bonchev–Trinajstić information content (AvgIpc) is 2.77. The third-order valence-corrected chi connectivity index (χ3v) is 9.86. The normalized spacial score (nSPS) is 19.6. The van der Waals surface area contributed by atoms with E-state index in [1.54, 1.807) is 20.8 Å². The Labute approximate surface area is 199 Å².